The van der Waals surface area contributed by atoms with Crippen molar-refractivity contribution in [2.24, 2.45) is 5.92 Å². The van der Waals surface area contributed by atoms with E-state index in [-0.39, 0.29) is 10.6 Å². The Morgan fingerprint density at radius 2 is 1.96 bits per heavy atom. The molecule has 25 heavy (non-hydrogen) atoms. The number of hydrogen-bond acceptors (Lipinski definition) is 4. The Balaban J connectivity index is 1.75. The molecule has 5 nitrogen and oxygen atoms in total. The third-order valence-corrected chi connectivity index (χ3v) is 4.88. The number of rotatable bonds is 5. The molecule has 0 atom stereocenters. The number of nitrogens with zero attached hydrogens (tertiary/aromatic N) is 2. The number of nitro groups is 1. The average Bonchev–Trinajstić information content (AvgIpc) is 2.60. The maximum atomic E-state index is 11.6. The van der Waals surface area contributed by atoms with Gasteiger partial charge in [-0.1, -0.05) is 25.1 Å². The van der Waals surface area contributed by atoms with E-state index in [1.807, 2.05) is 37.3 Å². The van der Waals surface area contributed by atoms with Crippen LogP contribution in [0, 0.1) is 23.0 Å². The fourth-order valence-corrected chi connectivity index (χ4v) is 3.30. The van der Waals surface area contributed by atoms with E-state index in [1.54, 1.807) is 6.07 Å². The highest BCUT2D eigenvalue weighted by molar-refractivity contribution is 5.65. The molecule has 132 valence electrons. The van der Waals surface area contributed by atoms with Gasteiger partial charge >= 0.3 is 0 Å². The molecule has 3 rings (SSSR count). The van der Waals surface area contributed by atoms with Crippen LogP contribution in [0.2, 0.25) is 0 Å². The molecule has 0 unspecified atom stereocenters. The van der Waals surface area contributed by atoms with Crippen molar-refractivity contribution in [2.45, 2.75) is 33.2 Å². The summed E-state index contributed by atoms with van der Waals surface area (Å²) < 4.78 is 0. The lowest BCUT2D eigenvalue weighted by molar-refractivity contribution is -0.384. The highest BCUT2D eigenvalue weighted by Crippen LogP contribution is 2.32. The van der Waals surface area contributed by atoms with Crippen molar-refractivity contribution < 1.29 is 4.92 Å². The highest BCUT2D eigenvalue weighted by atomic mass is 16.6. The summed E-state index contributed by atoms with van der Waals surface area (Å²) in [5.41, 5.74) is 4.08. The Hall–Kier alpha value is -2.56. The zero-order chi connectivity index (χ0) is 17.8. The minimum Gasteiger partial charge on any atom is -0.381 e. The molecule has 0 saturated carbocycles. The van der Waals surface area contributed by atoms with E-state index in [1.165, 1.54) is 5.56 Å². The molecule has 0 radical (unpaired) electrons. The predicted molar refractivity (Wildman–Crippen MR) is 102 cm³/mol. The van der Waals surface area contributed by atoms with Gasteiger partial charge in [0.25, 0.3) is 5.69 Å². The van der Waals surface area contributed by atoms with Crippen molar-refractivity contribution >= 4 is 17.1 Å². The molecule has 2 aromatic rings. The number of nitrogens with one attached hydrogen (secondary N) is 1. The van der Waals surface area contributed by atoms with Gasteiger partial charge in [-0.15, -0.1) is 0 Å². The second kappa shape index (κ2) is 7.55. The lowest BCUT2D eigenvalue weighted by Crippen LogP contribution is -2.33. The van der Waals surface area contributed by atoms with Gasteiger partial charge in [0.05, 0.1) is 4.92 Å². The summed E-state index contributed by atoms with van der Waals surface area (Å²) in [4.78, 5) is 13.4. The first-order chi connectivity index (χ1) is 12.0. The Kier molecular flexibility index (Phi) is 5.22. The van der Waals surface area contributed by atoms with E-state index >= 15 is 0 Å². The summed E-state index contributed by atoms with van der Waals surface area (Å²) in [7, 11) is 0. The van der Waals surface area contributed by atoms with Crippen LogP contribution in [-0.2, 0) is 6.54 Å². The minimum atomic E-state index is -0.260. The first kappa shape index (κ1) is 17.3. The van der Waals surface area contributed by atoms with E-state index < -0.39 is 0 Å². The van der Waals surface area contributed by atoms with Gasteiger partial charge in [-0.3, -0.25) is 10.1 Å². The normalized spacial score (nSPS) is 15.2. The van der Waals surface area contributed by atoms with Gasteiger partial charge in [0.1, 0.15) is 5.69 Å². The van der Waals surface area contributed by atoms with Crippen LogP contribution in [0.3, 0.4) is 0 Å². The van der Waals surface area contributed by atoms with Gasteiger partial charge in [0.2, 0.25) is 0 Å². The van der Waals surface area contributed by atoms with Crippen molar-refractivity contribution in [1.29, 1.82) is 0 Å². The van der Waals surface area contributed by atoms with Gasteiger partial charge in [-0.2, -0.15) is 0 Å². The Morgan fingerprint density at radius 3 is 2.64 bits per heavy atom. The second-order valence-corrected chi connectivity index (χ2v) is 6.97. The molecule has 1 aliphatic heterocycles. The number of benzene rings is 2. The summed E-state index contributed by atoms with van der Waals surface area (Å²) in [5, 5.41) is 14.9. The molecule has 0 amide bonds. The van der Waals surface area contributed by atoms with Crippen LogP contribution in [-0.4, -0.2) is 18.0 Å². The van der Waals surface area contributed by atoms with Gasteiger partial charge in [-0.05, 0) is 55.0 Å². The summed E-state index contributed by atoms with van der Waals surface area (Å²) in [5.74, 6) is 0.702. The molecule has 0 bridgehead atoms. The Morgan fingerprint density at radius 1 is 1.20 bits per heavy atom. The van der Waals surface area contributed by atoms with Crippen LogP contribution in [0.25, 0.3) is 0 Å². The van der Waals surface area contributed by atoms with Crippen LogP contribution in [0.5, 0.6) is 0 Å². The molecule has 0 aliphatic carbocycles. The fraction of sp³-hybridized carbons (Fsp3) is 0.400. The molecular formula is C20H25N3O2. The van der Waals surface area contributed by atoms with E-state index in [2.05, 4.69) is 23.2 Å². The molecule has 1 aliphatic rings. The number of aryl methyl sites for hydroxylation is 1. The second-order valence-electron chi connectivity index (χ2n) is 6.97. The van der Waals surface area contributed by atoms with E-state index in [0.29, 0.717) is 12.5 Å². The van der Waals surface area contributed by atoms with Crippen molar-refractivity contribution in [1.82, 2.24) is 0 Å². The average molecular weight is 339 g/mol. The maximum Gasteiger partial charge on any atom is 0.292 e. The molecule has 5 heteroatoms. The molecule has 1 saturated heterocycles. The Labute approximate surface area is 148 Å². The van der Waals surface area contributed by atoms with Crippen molar-refractivity contribution in [3.05, 3.63) is 63.7 Å². The first-order valence-electron chi connectivity index (χ1n) is 8.86. The molecule has 0 spiro atoms. The number of nitro benzene ring substituents is 1. The van der Waals surface area contributed by atoms with Crippen LogP contribution < -0.4 is 10.2 Å². The van der Waals surface area contributed by atoms with Gasteiger partial charge in [0.15, 0.2) is 0 Å². The number of piperidine rings is 1. The smallest absolute Gasteiger partial charge is 0.292 e. The summed E-state index contributed by atoms with van der Waals surface area (Å²) in [6, 6.07) is 13.7. The quantitative estimate of drug-likeness (QED) is 0.631. The zero-order valence-electron chi connectivity index (χ0n) is 14.9. The van der Waals surface area contributed by atoms with Crippen molar-refractivity contribution in [3.8, 4) is 0 Å². The lowest BCUT2D eigenvalue weighted by atomic mass is 9.98. The summed E-state index contributed by atoms with van der Waals surface area (Å²) in [6.45, 7) is 6.64. The zero-order valence-corrected chi connectivity index (χ0v) is 14.9. The molecular weight excluding hydrogens is 314 g/mol. The molecule has 2 aromatic carbocycles. The Bertz CT molecular complexity index is 752. The third-order valence-electron chi connectivity index (χ3n) is 4.88. The van der Waals surface area contributed by atoms with Crippen LogP contribution in [0.15, 0.2) is 42.5 Å². The predicted octanol–water partition coefficient (Wildman–Crippen LogP) is 4.75. The summed E-state index contributed by atoms with van der Waals surface area (Å²) >= 11 is 0. The maximum absolute atomic E-state index is 11.6. The van der Waals surface area contributed by atoms with Gasteiger partial charge < -0.3 is 10.2 Å². The van der Waals surface area contributed by atoms with E-state index in [4.69, 9.17) is 0 Å². The van der Waals surface area contributed by atoms with Crippen molar-refractivity contribution in [2.75, 3.05) is 23.3 Å². The lowest BCUT2D eigenvalue weighted by Gasteiger charge is -2.31. The van der Waals surface area contributed by atoms with Crippen LogP contribution in [0.4, 0.5) is 17.1 Å². The summed E-state index contributed by atoms with van der Waals surface area (Å²) in [6.07, 6.45) is 2.18. The van der Waals surface area contributed by atoms with Crippen molar-refractivity contribution in [3.63, 3.8) is 0 Å². The first-order valence-corrected chi connectivity index (χ1v) is 8.86. The number of anilines is 2. The minimum absolute atomic E-state index is 0.207. The monoisotopic (exact) mass is 339 g/mol. The SMILES string of the molecule is Cc1cccc(NCc2ccc(N3CCC(C)CC3)c([N+](=O)[O-])c2)c1. The van der Waals surface area contributed by atoms with E-state index in [0.717, 1.165) is 42.9 Å². The van der Waals surface area contributed by atoms with Gasteiger partial charge in [-0.25, -0.2) is 0 Å². The molecule has 0 aromatic heterocycles. The molecule has 1 fully saturated rings. The molecule has 1 N–H and O–H groups in total. The van der Waals surface area contributed by atoms with Gasteiger partial charge in [0, 0.05) is 31.4 Å². The fourth-order valence-electron chi connectivity index (χ4n) is 3.30. The highest BCUT2D eigenvalue weighted by Gasteiger charge is 2.23. The third kappa shape index (κ3) is 4.29. The molecule has 1 heterocycles. The number of hydrogen-bond donors (Lipinski definition) is 1. The largest absolute Gasteiger partial charge is 0.381 e. The van der Waals surface area contributed by atoms with Crippen LogP contribution in [0.1, 0.15) is 30.9 Å². The van der Waals surface area contributed by atoms with Crippen LogP contribution >= 0.6 is 0 Å². The standard InChI is InChI=1S/C20H25N3O2/c1-15-8-10-22(11-9-15)19-7-6-17(13-20(19)23(24)25)14-21-18-5-3-4-16(2)12-18/h3-7,12-13,15,21H,8-11,14H2,1-2H3. The topological polar surface area (TPSA) is 58.4 Å². The van der Waals surface area contributed by atoms with E-state index in [9.17, 15) is 10.1 Å².